The molecular formula is C48H53ClFN9O7S. The van der Waals surface area contributed by atoms with Gasteiger partial charge in [0.15, 0.2) is 0 Å². The predicted octanol–water partition coefficient (Wildman–Crippen LogP) is 6.42. The van der Waals surface area contributed by atoms with Crippen LogP contribution in [-0.2, 0) is 19.2 Å². The van der Waals surface area contributed by atoms with E-state index in [1.807, 2.05) is 11.0 Å². The average Bonchev–Trinajstić information content (AvgIpc) is 3.59. The van der Waals surface area contributed by atoms with Crippen molar-refractivity contribution >= 4 is 86.9 Å². The second-order valence-corrected chi connectivity index (χ2v) is 18.6. The molecule has 4 aliphatic heterocycles. The monoisotopic (exact) mass is 953 g/mol. The van der Waals surface area contributed by atoms with Gasteiger partial charge in [0.25, 0.3) is 11.8 Å². The summed E-state index contributed by atoms with van der Waals surface area (Å²) in [6.45, 7) is 10.0. The SMILES string of the molecule is C=CC(=O)Nc1cc2c(Nc3ccc(F)c(Cl)c3)ncnc2cc1OCCCN1CCC(N2CCN(C(=O)CCCCCSc3cccc4c3C(=O)N(C3CCC(=O)NC3=O)C4=O)CC2)CC1. The van der Waals surface area contributed by atoms with Crippen LogP contribution in [0, 0.1) is 5.82 Å². The van der Waals surface area contributed by atoms with Crippen LogP contribution >= 0.6 is 23.4 Å². The summed E-state index contributed by atoms with van der Waals surface area (Å²) in [5.74, 6) is -1.15. The van der Waals surface area contributed by atoms with E-state index in [1.54, 1.807) is 30.3 Å². The summed E-state index contributed by atoms with van der Waals surface area (Å²) in [6, 6.07) is 12.4. The first-order valence-corrected chi connectivity index (χ1v) is 24.1. The lowest BCUT2D eigenvalue weighted by Crippen LogP contribution is -2.54. The molecule has 3 saturated heterocycles. The first kappa shape index (κ1) is 47.5. The molecule has 16 nitrogen and oxygen atoms in total. The third-order valence-electron chi connectivity index (χ3n) is 12.7. The maximum Gasteiger partial charge on any atom is 0.263 e. The van der Waals surface area contributed by atoms with E-state index in [4.69, 9.17) is 16.3 Å². The summed E-state index contributed by atoms with van der Waals surface area (Å²) >= 11 is 7.48. The Hall–Kier alpha value is -5.95. The van der Waals surface area contributed by atoms with Gasteiger partial charge >= 0.3 is 0 Å². The molecule has 1 atom stereocenters. The number of thioether (sulfide) groups is 1. The summed E-state index contributed by atoms with van der Waals surface area (Å²) in [5.41, 5.74) is 2.16. The number of carbonyl (C=O) groups is 6. The third kappa shape index (κ3) is 11.3. The summed E-state index contributed by atoms with van der Waals surface area (Å²) in [4.78, 5) is 93.6. The molecule has 19 heteroatoms. The zero-order valence-corrected chi connectivity index (χ0v) is 38.6. The highest BCUT2D eigenvalue weighted by Gasteiger charge is 2.45. The van der Waals surface area contributed by atoms with Crippen LogP contribution in [0.3, 0.4) is 0 Å². The fourth-order valence-electron chi connectivity index (χ4n) is 9.11. The molecule has 0 spiro atoms. The van der Waals surface area contributed by atoms with Crippen molar-refractivity contribution in [2.45, 2.75) is 74.8 Å². The van der Waals surface area contributed by atoms with Gasteiger partial charge in [0.05, 0.1) is 34.0 Å². The number of anilines is 3. The van der Waals surface area contributed by atoms with Gasteiger partial charge in [-0.25, -0.2) is 14.4 Å². The zero-order valence-electron chi connectivity index (χ0n) is 37.1. The lowest BCUT2D eigenvalue weighted by atomic mass is 10.0. The minimum Gasteiger partial charge on any atom is -0.491 e. The van der Waals surface area contributed by atoms with Gasteiger partial charge in [-0.05, 0) is 99.8 Å². The number of carbonyl (C=O) groups excluding carboxylic acids is 6. The maximum atomic E-state index is 13.8. The van der Waals surface area contributed by atoms with Crippen LogP contribution in [-0.4, -0.2) is 135 Å². The molecule has 4 aliphatic rings. The largest absolute Gasteiger partial charge is 0.491 e. The van der Waals surface area contributed by atoms with E-state index in [-0.39, 0.29) is 29.3 Å². The summed E-state index contributed by atoms with van der Waals surface area (Å²) in [6.07, 6.45) is 8.66. The zero-order chi connectivity index (χ0) is 47.0. The fraction of sp³-hybridized carbons (Fsp3) is 0.417. The van der Waals surface area contributed by atoms with Crippen molar-refractivity contribution in [3.63, 3.8) is 0 Å². The quantitative estimate of drug-likeness (QED) is 0.0430. The van der Waals surface area contributed by atoms with E-state index in [0.717, 1.165) is 89.2 Å². The van der Waals surface area contributed by atoms with Crippen LogP contribution in [0.5, 0.6) is 5.75 Å². The number of ether oxygens (including phenoxy) is 1. The lowest BCUT2D eigenvalue weighted by molar-refractivity contribution is -0.136. The number of amides is 6. The molecule has 4 aromatic rings. The van der Waals surface area contributed by atoms with E-state index in [0.29, 0.717) is 69.1 Å². The number of likely N-dealkylation sites (tertiary alicyclic amines) is 1. The van der Waals surface area contributed by atoms with Gasteiger partial charge in [-0.1, -0.05) is 30.7 Å². The molecule has 0 bridgehead atoms. The van der Waals surface area contributed by atoms with Crippen LogP contribution in [0.4, 0.5) is 21.6 Å². The average molecular weight is 955 g/mol. The number of benzene rings is 3. The van der Waals surface area contributed by atoms with E-state index < -0.39 is 41.4 Å². The highest BCUT2D eigenvalue weighted by atomic mass is 35.5. The molecule has 3 fully saturated rings. The smallest absolute Gasteiger partial charge is 0.263 e. The number of unbranched alkanes of at least 4 members (excludes halogenated alkanes) is 2. The van der Waals surface area contributed by atoms with Gasteiger partial charge < -0.3 is 25.2 Å². The standard InChI is InChI=1S/C48H53ClFN9O7S/c1-2-41(60)54-37-27-33-36(51-29-52-45(33)53-30-11-12-35(50)34(49)26-30)28-39(37)66-24-7-17-56-18-15-31(16-19-56)57-20-22-58(23-21-57)43(62)10-4-3-5-25-67-40-9-6-8-32-44(40)48(65)59(47(32)64)38-13-14-42(61)55-46(38)63/h2,6,8-9,11-12,26-29,31,38H,1,3-5,7,10,13-25H2,(H,54,60)(H,51,52,53)(H,55,61,63). The van der Waals surface area contributed by atoms with E-state index in [9.17, 15) is 33.2 Å². The van der Waals surface area contributed by atoms with Crippen molar-refractivity contribution < 1.29 is 37.9 Å². The van der Waals surface area contributed by atoms with Crippen LogP contribution in [0.15, 0.2) is 72.4 Å². The molecule has 3 N–H and O–H groups in total. The van der Waals surface area contributed by atoms with Crippen LogP contribution < -0.4 is 20.7 Å². The molecule has 67 heavy (non-hydrogen) atoms. The van der Waals surface area contributed by atoms with Crippen molar-refractivity contribution in [3.8, 4) is 5.75 Å². The van der Waals surface area contributed by atoms with Crippen LogP contribution in [0.2, 0.25) is 5.02 Å². The number of fused-ring (bicyclic) bond motifs is 2. The Morgan fingerprint density at radius 3 is 2.51 bits per heavy atom. The third-order valence-corrected chi connectivity index (χ3v) is 14.1. The molecule has 0 saturated carbocycles. The molecule has 1 unspecified atom stereocenters. The second kappa shape index (κ2) is 21.8. The van der Waals surface area contributed by atoms with E-state index >= 15 is 0 Å². The Morgan fingerprint density at radius 1 is 0.940 bits per heavy atom. The van der Waals surface area contributed by atoms with E-state index in [2.05, 4.69) is 42.3 Å². The van der Waals surface area contributed by atoms with Crippen molar-refractivity contribution in [1.82, 2.24) is 34.9 Å². The number of hydrogen-bond acceptors (Lipinski definition) is 13. The van der Waals surface area contributed by atoms with Crippen molar-refractivity contribution in [3.05, 3.63) is 89.5 Å². The fourth-order valence-corrected chi connectivity index (χ4v) is 10.4. The Balaban J connectivity index is 0.721. The van der Waals surface area contributed by atoms with Crippen molar-refractivity contribution in [2.75, 3.05) is 68.8 Å². The molecule has 8 rings (SSSR count). The number of hydrogen-bond donors (Lipinski definition) is 3. The second-order valence-electron chi connectivity index (χ2n) is 17.0. The molecular weight excluding hydrogens is 901 g/mol. The molecule has 352 valence electrons. The number of halogens is 2. The Labute approximate surface area is 397 Å². The molecule has 5 heterocycles. The first-order valence-electron chi connectivity index (χ1n) is 22.8. The van der Waals surface area contributed by atoms with Gasteiger partial charge in [-0.2, -0.15) is 0 Å². The van der Waals surface area contributed by atoms with Crippen LogP contribution in [0.1, 0.15) is 78.5 Å². The van der Waals surface area contributed by atoms with E-state index in [1.165, 1.54) is 36.3 Å². The minimum absolute atomic E-state index is 0.0259. The van der Waals surface area contributed by atoms with Gasteiger partial charge in [0, 0.05) is 73.6 Å². The Morgan fingerprint density at radius 2 is 1.75 bits per heavy atom. The lowest BCUT2D eigenvalue weighted by Gasteiger charge is -2.42. The van der Waals surface area contributed by atoms with Crippen LogP contribution in [0.25, 0.3) is 10.9 Å². The normalized spacial score (nSPS) is 18.3. The summed E-state index contributed by atoms with van der Waals surface area (Å²) < 4.78 is 20.0. The Bertz CT molecular complexity index is 2570. The molecule has 1 aromatic heterocycles. The minimum atomic E-state index is -0.996. The molecule has 0 radical (unpaired) electrons. The predicted molar refractivity (Wildman–Crippen MR) is 253 cm³/mol. The number of nitrogens with zero attached hydrogens (tertiary/aromatic N) is 6. The highest BCUT2D eigenvalue weighted by molar-refractivity contribution is 7.99. The number of piperazine rings is 1. The first-order chi connectivity index (χ1) is 32.5. The molecule has 3 aromatic carbocycles. The summed E-state index contributed by atoms with van der Waals surface area (Å²) in [7, 11) is 0. The highest BCUT2D eigenvalue weighted by Crippen LogP contribution is 2.36. The van der Waals surface area contributed by atoms with Crippen molar-refractivity contribution in [2.24, 2.45) is 0 Å². The van der Waals surface area contributed by atoms with Gasteiger partial charge in [-0.3, -0.25) is 43.9 Å². The molecule has 0 aliphatic carbocycles. The van der Waals surface area contributed by atoms with Gasteiger partial charge in [0.1, 0.15) is 29.8 Å². The number of rotatable bonds is 18. The van der Waals surface area contributed by atoms with Crippen molar-refractivity contribution in [1.29, 1.82) is 0 Å². The number of aromatic nitrogens is 2. The van der Waals surface area contributed by atoms with Gasteiger partial charge in [-0.15, -0.1) is 11.8 Å². The Kier molecular flexibility index (Phi) is 15.5. The number of piperidine rings is 2. The van der Waals surface area contributed by atoms with Gasteiger partial charge in [0.2, 0.25) is 23.6 Å². The maximum absolute atomic E-state index is 13.8. The molecule has 6 amide bonds. The topological polar surface area (TPSA) is 186 Å². The summed E-state index contributed by atoms with van der Waals surface area (Å²) in [5, 5.41) is 8.80. The number of imide groups is 2. The number of nitrogens with one attached hydrogen (secondary N) is 3.